The van der Waals surface area contributed by atoms with Gasteiger partial charge in [-0.3, -0.25) is 14.9 Å². The summed E-state index contributed by atoms with van der Waals surface area (Å²) in [6.45, 7) is 0. The monoisotopic (exact) mass is 364 g/mol. The molecule has 1 aromatic carbocycles. The molecule has 0 bridgehead atoms. The van der Waals surface area contributed by atoms with Gasteiger partial charge in [-0.15, -0.1) is 0 Å². The fourth-order valence-electron chi connectivity index (χ4n) is 3.38. The minimum Gasteiger partial charge on any atom is -0.507 e. The highest BCUT2D eigenvalue weighted by Crippen LogP contribution is 2.37. The van der Waals surface area contributed by atoms with Crippen LogP contribution >= 0.6 is 0 Å². The van der Waals surface area contributed by atoms with Gasteiger partial charge in [0.1, 0.15) is 11.4 Å². The molecule has 7 heteroatoms. The normalized spacial score (nSPS) is 19.9. The molecule has 0 aliphatic heterocycles. The average Bonchev–Trinajstić information content (AvgIpc) is 3.15. The Labute approximate surface area is 156 Å². The van der Waals surface area contributed by atoms with Crippen LogP contribution in [0.1, 0.15) is 35.1 Å². The lowest BCUT2D eigenvalue weighted by atomic mass is 9.76. The Morgan fingerprint density at radius 1 is 1.19 bits per heavy atom. The molecule has 1 amide bonds. The first kappa shape index (κ1) is 17.2. The zero-order chi connectivity index (χ0) is 18.8. The predicted octanol–water partition coefficient (Wildman–Crippen LogP) is 2.42. The van der Waals surface area contributed by atoms with E-state index in [1.54, 1.807) is 36.5 Å². The van der Waals surface area contributed by atoms with E-state index in [-0.39, 0.29) is 29.7 Å². The molecular formula is C20H20N4O3. The number of carbonyl (C=O) groups is 1. The van der Waals surface area contributed by atoms with Gasteiger partial charge >= 0.3 is 0 Å². The van der Waals surface area contributed by atoms with Gasteiger partial charge in [0.05, 0.1) is 23.5 Å². The number of hydrogen-bond acceptors (Lipinski definition) is 5. The first-order chi connectivity index (χ1) is 13.1. The number of aromatic nitrogens is 3. The number of nitrogens with one attached hydrogen (secondary N) is 2. The minimum absolute atomic E-state index is 0.103. The number of rotatable bonds is 5. The van der Waals surface area contributed by atoms with Gasteiger partial charge in [-0.05, 0) is 49.1 Å². The summed E-state index contributed by atoms with van der Waals surface area (Å²) in [5, 5.41) is 29.5. The lowest BCUT2D eigenvalue weighted by Gasteiger charge is -2.37. The molecule has 4 rings (SSSR count). The van der Waals surface area contributed by atoms with Crippen LogP contribution in [0.2, 0.25) is 0 Å². The first-order valence-electron chi connectivity index (χ1n) is 8.85. The summed E-state index contributed by atoms with van der Waals surface area (Å²) < 4.78 is 0. The number of amides is 1. The number of aliphatic hydroxyl groups excluding tert-OH is 1. The van der Waals surface area contributed by atoms with Crippen LogP contribution in [-0.4, -0.2) is 37.4 Å². The number of pyridine rings is 1. The lowest BCUT2D eigenvalue weighted by molar-refractivity contribution is 0.0227. The molecule has 0 saturated heterocycles. The van der Waals surface area contributed by atoms with Crippen LogP contribution < -0.4 is 5.32 Å². The molecular weight excluding hydrogens is 344 g/mol. The van der Waals surface area contributed by atoms with Crippen molar-refractivity contribution in [2.24, 2.45) is 5.92 Å². The summed E-state index contributed by atoms with van der Waals surface area (Å²) in [7, 11) is 0. The predicted molar refractivity (Wildman–Crippen MR) is 98.9 cm³/mol. The summed E-state index contributed by atoms with van der Waals surface area (Å²) in [4.78, 5) is 17.1. The standard InChI is InChI=1S/C20H20N4O3/c25-13-9-12(10-13)19(15-6-3-4-8-21-15)22-20(27)17-11-16(23-24-17)14-5-1-2-7-18(14)26/h1-8,11-13,19,25-26H,9-10H2,(H,22,27)(H,23,24)/t12?,13?,19-/m0/s1. The molecule has 27 heavy (non-hydrogen) atoms. The van der Waals surface area contributed by atoms with Crippen LogP contribution in [0.25, 0.3) is 11.3 Å². The van der Waals surface area contributed by atoms with Crippen molar-refractivity contribution in [2.45, 2.75) is 25.0 Å². The van der Waals surface area contributed by atoms with Gasteiger partial charge in [0.25, 0.3) is 5.91 Å². The van der Waals surface area contributed by atoms with Crippen molar-refractivity contribution in [3.8, 4) is 17.0 Å². The van der Waals surface area contributed by atoms with Crippen LogP contribution in [0.4, 0.5) is 0 Å². The fraction of sp³-hybridized carbons (Fsp3) is 0.250. The average molecular weight is 364 g/mol. The highest BCUT2D eigenvalue weighted by Gasteiger charge is 2.36. The van der Waals surface area contributed by atoms with Gasteiger partial charge in [-0.2, -0.15) is 5.10 Å². The largest absolute Gasteiger partial charge is 0.507 e. The summed E-state index contributed by atoms with van der Waals surface area (Å²) in [6.07, 6.45) is 2.63. The third kappa shape index (κ3) is 3.54. The van der Waals surface area contributed by atoms with Crippen LogP contribution in [-0.2, 0) is 0 Å². The highest BCUT2D eigenvalue weighted by atomic mass is 16.3. The molecule has 7 nitrogen and oxygen atoms in total. The maximum atomic E-state index is 12.7. The van der Waals surface area contributed by atoms with Crippen molar-refractivity contribution >= 4 is 5.91 Å². The Morgan fingerprint density at radius 3 is 2.67 bits per heavy atom. The number of hydrogen-bond donors (Lipinski definition) is 4. The second-order valence-electron chi connectivity index (χ2n) is 6.78. The molecule has 0 unspecified atom stereocenters. The van der Waals surface area contributed by atoms with Gasteiger partial charge in [-0.25, -0.2) is 0 Å². The van der Waals surface area contributed by atoms with Gasteiger partial charge in [0, 0.05) is 11.8 Å². The van der Waals surface area contributed by atoms with E-state index in [0.717, 1.165) is 5.69 Å². The van der Waals surface area contributed by atoms with Gasteiger partial charge in [0.2, 0.25) is 0 Å². The van der Waals surface area contributed by atoms with Gasteiger partial charge in [0.15, 0.2) is 0 Å². The Bertz CT molecular complexity index is 935. The van der Waals surface area contributed by atoms with Gasteiger partial charge < -0.3 is 15.5 Å². The van der Waals surface area contributed by atoms with E-state index in [0.29, 0.717) is 29.8 Å². The highest BCUT2D eigenvalue weighted by molar-refractivity contribution is 5.93. The summed E-state index contributed by atoms with van der Waals surface area (Å²) >= 11 is 0. The SMILES string of the molecule is O=C(N[C@H](c1ccccn1)C1CC(O)C1)c1cc(-c2ccccc2O)n[nH]1. The lowest BCUT2D eigenvalue weighted by Crippen LogP contribution is -2.41. The number of carbonyl (C=O) groups excluding carboxylic acids is 1. The smallest absolute Gasteiger partial charge is 0.269 e. The molecule has 1 aliphatic carbocycles. The number of aromatic hydroxyl groups is 1. The molecule has 0 spiro atoms. The van der Waals surface area contributed by atoms with Crippen LogP contribution in [0, 0.1) is 5.92 Å². The van der Waals surface area contributed by atoms with Crippen molar-refractivity contribution in [1.29, 1.82) is 0 Å². The fourth-order valence-corrected chi connectivity index (χ4v) is 3.38. The Morgan fingerprint density at radius 2 is 1.96 bits per heavy atom. The molecule has 2 aromatic heterocycles. The Hall–Kier alpha value is -3.19. The second kappa shape index (κ2) is 7.20. The number of H-pyrrole nitrogens is 1. The molecule has 138 valence electrons. The van der Waals surface area contributed by atoms with E-state index in [1.165, 1.54) is 0 Å². The number of para-hydroxylation sites is 1. The van der Waals surface area contributed by atoms with Crippen LogP contribution in [0.3, 0.4) is 0 Å². The van der Waals surface area contributed by atoms with Crippen molar-refractivity contribution in [3.05, 3.63) is 66.1 Å². The molecule has 1 fully saturated rings. The second-order valence-corrected chi connectivity index (χ2v) is 6.78. The molecule has 1 aliphatic rings. The van der Waals surface area contributed by atoms with Crippen molar-refractivity contribution in [1.82, 2.24) is 20.5 Å². The summed E-state index contributed by atoms with van der Waals surface area (Å²) in [5.41, 5.74) is 2.11. The molecule has 4 N–H and O–H groups in total. The number of nitrogens with zero attached hydrogens (tertiary/aromatic N) is 2. The quantitative estimate of drug-likeness (QED) is 0.556. The molecule has 1 atom stereocenters. The van der Waals surface area contributed by atoms with Crippen molar-refractivity contribution in [2.75, 3.05) is 0 Å². The summed E-state index contributed by atoms with van der Waals surface area (Å²) in [6, 6.07) is 13.7. The molecule has 1 saturated carbocycles. The van der Waals surface area contributed by atoms with Crippen LogP contribution in [0.5, 0.6) is 5.75 Å². The van der Waals surface area contributed by atoms with Gasteiger partial charge in [-0.1, -0.05) is 18.2 Å². The number of aliphatic hydroxyl groups is 1. The summed E-state index contributed by atoms with van der Waals surface area (Å²) in [5.74, 6) is -0.0635. The van der Waals surface area contributed by atoms with E-state index in [2.05, 4.69) is 20.5 Å². The first-order valence-corrected chi connectivity index (χ1v) is 8.85. The van der Waals surface area contributed by atoms with Crippen molar-refractivity contribution < 1.29 is 15.0 Å². The number of aromatic amines is 1. The molecule has 0 radical (unpaired) electrons. The van der Waals surface area contributed by atoms with Crippen LogP contribution in [0.15, 0.2) is 54.7 Å². The Balaban J connectivity index is 1.54. The van der Waals surface area contributed by atoms with E-state index in [9.17, 15) is 15.0 Å². The number of phenols is 1. The third-order valence-electron chi connectivity index (χ3n) is 4.92. The zero-order valence-corrected chi connectivity index (χ0v) is 14.5. The topological polar surface area (TPSA) is 111 Å². The third-order valence-corrected chi connectivity index (χ3v) is 4.92. The molecule has 2 heterocycles. The zero-order valence-electron chi connectivity index (χ0n) is 14.5. The minimum atomic E-state index is -0.321. The Kier molecular flexibility index (Phi) is 4.60. The number of phenolic OH excluding ortho intramolecular Hbond substituents is 1. The van der Waals surface area contributed by atoms with Crippen molar-refractivity contribution in [3.63, 3.8) is 0 Å². The maximum Gasteiger partial charge on any atom is 0.269 e. The number of benzene rings is 1. The molecule has 3 aromatic rings. The van der Waals surface area contributed by atoms with E-state index < -0.39 is 0 Å². The van der Waals surface area contributed by atoms with E-state index in [4.69, 9.17) is 0 Å². The van der Waals surface area contributed by atoms with E-state index in [1.807, 2.05) is 18.2 Å². The van der Waals surface area contributed by atoms with E-state index >= 15 is 0 Å². The maximum absolute atomic E-state index is 12.7.